The van der Waals surface area contributed by atoms with E-state index in [1.54, 1.807) is 0 Å². The van der Waals surface area contributed by atoms with E-state index >= 15 is 0 Å². The van der Waals surface area contributed by atoms with Crippen LogP contribution in [0, 0.1) is 0 Å². The van der Waals surface area contributed by atoms with Crippen LogP contribution in [-0.4, -0.2) is 24.9 Å². The molecule has 0 aliphatic carbocycles. The zero-order chi connectivity index (χ0) is 20.2. The number of rotatable bonds is 11. The van der Waals surface area contributed by atoms with Crippen LogP contribution in [0.4, 0.5) is 0 Å². The molecule has 6 nitrogen and oxygen atoms in total. The van der Waals surface area contributed by atoms with Gasteiger partial charge in [-0.2, -0.15) is 0 Å². The molecule has 0 aliphatic heterocycles. The first-order valence-electron chi connectivity index (χ1n) is 9.76. The van der Waals surface area contributed by atoms with Crippen molar-refractivity contribution in [3.63, 3.8) is 0 Å². The maximum absolute atomic E-state index is 12.0. The summed E-state index contributed by atoms with van der Waals surface area (Å²) in [6.07, 6.45) is 3.71. The summed E-state index contributed by atoms with van der Waals surface area (Å²) in [6, 6.07) is 17.4. The molecule has 0 saturated carbocycles. The Balaban J connectivity index is 1.51. The molecule has 0 radical (unpaired) electrons. The molecule has 0 unspecified atom stereocenters. The van der Waals surface area contributed by atoms with Gasteiger partial charge in [-0.1, -0.05) is 73.5 Å². The fourth-order valence-electron chi connectivity index (χ4n) is 2.87. The average Bonchev–Trinajstić information content (AvgIpc) is 2.75. The molecule has 6 heteroatoms. The van der Waals surface area contributed by atoms with Crippen LogP contribution < -0.4 is 22.1 Å². The number of hydrogen-bond acceptors (Lipinski definition) is 4. The zero-order valence-electron chi connectivity index (χ0n) is 16.1. The second-order valence-corrected chi connectivity index (χ2v) is 6.77. The van der Waals surface area contributed by atoms with Gasteiger partial charge in [0.05, 0.1) is 0 Å². The third-order valence-electron chi connectivity index (χ3n) is 4.58. The molecule has 28 heavy (non-hydrogen) atoms. The van der Waals surface area contributed by atoms with Crippen molar-refractivity contribution in [2.24, 2.45) is 11.5 Å². The summed E-state index contributed by atoms with van der Waals surface area (Å²) < 4.78 is 0. The molecular weight excluding hydrogens is 352 g/mol. The van der Waals surface area contributed by atoms with Crippen molar-refractivity contribution in [3.05, 3.63) is 71.8 Å². The van der Waals surface area contributed by atoms with Crippen LogP contribution >= 0.6 is 0 Å². The van der Waals surface area contributed by atoms with E-state index in [0.717, 1.165) is 36.8 Å². The first-order chi connectivity index (χ1) is 13.6. The fourth-order valence-corrected chi connectivity index (χ4v) is 2.87. The second kappa shape index (κ2) is 11.9. The minimum Gasteiger partial charge on any atom is -0.354 e. The SMILES string of the molecule is N[C@H](C(=O)NCCCCCCNC(=O)[C@@H](N)c1ccccc1)c1ccccc1. The zero-order valence-corrected chi connectivity index (χ0v) is 16.1. The first kappa shape index (κ1) is 21.6. The van der Waals surface area contributed by atoms with Gasteiger partial charge < -0.3 is 22.1 Å². The van der Waals surface area contributed by atoms with Crippen LogP contribution in [0.3, 0.4) is 0 Å². The third-order valence-corrected chi connectivity index (χ3v) is 4.58. The van der Waals surface area contributed by atoms with E-state index in [4.69, 9.17) is 11.5 Å². The maximum Gasteiger partial charge on any atom is 0.241 e. The number of hydrogen-bond donors (Lipinski definition) is 4. The molecule has 2 atom stereocenters. The van der Waals surface area contributed by atoms with Gasteiger partial charge in [-0.05, 0) is 24.0 Å². The summed E-state index contributed by atoms with van der Waals surface area (Å²) in [5.41, 5.74) is 13.5. The summed E-state index contributed by atoms with van der Waals surface area (Å²) in [5.74, 6) is -0.318. The van der Waals surface area contributed by atoms with Crippen LogP contribution in [0.25, 0.3) is 0 Å². The summed E-state index contributed by atoms with van der Waals surface area (Å²) >= 11 is 0. The summed E-state index contributed by atoms with van der Waals surface area (Å²) in [6.45, 7) is 1.20. The number of nitrogens with two attached hydrogens (primary N) is 2. The molecule has 0 heterocycles. The van der Waals surface area contributed by atoms with Crippen molar-refractivity contribution in [2.75, 3.05) is 13.1 Å². The van der Waals surface area contributed by atoms with Crippen LogP contribution in [-0.2, 0) is 9.59 Å². The molecular formula is C22H30N4O2. The van der Waals surface area contributed by atoms with E-state index in [1.165, 1.54) is 0 Å². The van der Waals surface area contributed by atoms with E-state index < -0.39 is 12.1 Å². The molecule has 0 saturated heterocycles. The molecule has 6 N–H and O–H groups in total. The minimum absolute atomic E-state index is 0.159. The average molecular weight is 383 g/mol. The predicted molar refractivity (Wildman–Crippen MR) is 111 cm³/mol. The highest BCUT2D eigenvalue weighted by atomic mass is 16.2. The quantitative estimate of drug-likeness (QED) is 0.446. The third kappa shape index (κ3) is 7.13. The first-order valence-corrected chi connectivity index (χ1v) is 9.76. The van der Waals surface area contributed by atoms with E-state index in [1.807, 2.05) is 60.7 Å². The van der Waals surface area contributed by atoms with Crippen molar-refractivity contribution in [1.82, 2.24) is 10.6 Å². The number of carbonyl (C=O) groups is 2. The van der Waals surface area contributed by atoms with Gasteiger partial charge in [0.1, 0.15) is 12.1 Å². The Bertz CT molecular complexity index is 658. The molecule has 0 bridgehead atoms. The standard InChI is InChI=1S/C22H30N4O2/c23-19(17-11-5-3-6-12-17)21(27)25-15-9-1-2-10-16-26-22(28)20(24)18-13-7-4-8-14-18/h3-8,11-14,19-20H,1-2,9-10,15-16,23-24H2,(H,25,27)(H,26,28)/t19-,20-/m0/s1. The lowest BCUT2D eigenvalue weighted by Gasteiger charge is -2.13. The fraction of sp³-hybridized carbons (Fsp3) is 0.364. The largest absolute Gasteiger partial charge is 0.354 e. The van der Waals surface area contributed by atoms with E-state index in [2.05, 4.69) is 10.6 Å². The van der Waals surface area contributed by atoms with Crippen molar-refractivity contribution in [2.45, 2.75) is 37.8 Å². The highest BCUT2D eigenvalue weighted by Crippen LogP contribution is 2.10. The van der Waals surface area contributed by atoms with Crippen molar-refractivity contribution in [1.29, 1.82) is 0 Å². The van der Waals surface area contributed by atoms with Gasteiger partial charge in [-0.3, -0.25) is 9.59 Å². The van der Waals surface area contributed by atoms with Gasteiger partial charge in [-0.25, -0.2) is 0 Å². The molecule has 2 rings (SSSR count). The molecule has 150 valence electrons. The van der Waals surface area contributed by atoms with Gasteiger partial charge in [-0.15, -0.1) is 0 Å². The normalized spacial score (nSPS) is 12.8. The Hall–Kier alpha value is -2.70. The lowest BCUT2D eigenvalue weighted by Crippen LogP contribution is -2.35. The molecule has 0 fully saturated rings. The van der Waals surface area contributed by atoms with Crippen LogP contribution in [0.5, 0.6) is 0 Å². The van der Waals surface area contributed by atoms with Crippen LogP contribution in [0.15, 0.2) is 60.7 Å². The summed E-state index contributed by atoms with van der Waals surface area (Å²) in [7, 11) is 0. The Kier molecular flexibility index (Phi) is 9.18. The van der Waals surface area contributed by atoms with Gasteiger partial charge >= 0.3 is 0 Å². The Morgan fingerprint density at radius 3 is 1.36 bits per heavy atom. The van der Waals surface area contributed by atoms with Crippen LogP contribution in [0.2, 0.25) is 0 Å². The lowest BCUT2D eigenvalue weighted by molar-refractivity contribution is -0.123. The van der Waals surface area contributed by atoms with Crippen molar-refractivity contribution >= 4 is 11.8 Å². The topological polar surface area (TPSA) is 110 Å². The molecule has 0 aromatic heterocycles. The summed E-state index contributed by atoms with van der Waals surface area (Å²) in [5, 5.41) is 5.75. The van der Waals surface area contributed by atoms with E-state index in [9.17, 15) is 9.59 Å². The predicted octanol–water partition coefficient (Wildman–Crippen LogP) is 2.18. The number of amides is 2. The summed E-state index contributed by atoms with van der Waals surface area (Å²) in [4.78, 5) is 24.1. The number of nitrogens with one attached hydrogen (secondary N) is 2. The van der Waals surface area contributed by atoms with Gasteiger partial charge in [0.15, 0.2) is 0 Å². The van der Waals surface area contributed by atoms with E-state index in [0.29, 0.717) is 13.1 Å². The monoisotopic (exact) mass is 382 g/mol. The van der Waals surface area contributed by atoms with Gasteiger partial charge in [0.25, 0.3) is 0 Å². The minimum atomic E-state index is -0.634. The smallest absolute Gasteiger partial charge is 0.241 e. The van der Waals surface area contributed by atoms with Crippen LogP contribution in [0.1, 0.15) is 48.9 Å². The number of unbranched alkanes of at least 4 members (excludes halogenated alkanes) is 3. The highest BCUT2D eigenvalue weighted by molar-refractivity contribution is 5.83. The molecule has 0 spiro atoms. The number of carbonyl (C=O) groups excluding carboxylic acids is 2. The Morgan fingerprint density at radius 1 is 0.643 bits per heavy atom. The van der Waals surface area contributed by atoms with Crippen molar-refractivity contribution < 1.29 is 9.59 Å². The number of benzene rings is 2. The maximum atomic E-state index is 12.0. The van der Waals surface area contributed by atoms with E-state index in [-0.39, 0.29) is 11.8 Å². The molecule has 2 aromatic carbocycles. The molecule has 0 aliphatic rings. The second-order valence-electron chi connectivity index (χ2n) is 6.77. The van der Waals surface area contributed by atoms with Gasteiger partial charge in [0, 0.05) is 13.1 Å². The molecule has 2 amide bonds. The van der Waals surface area contributed by atoms with Crippen molar-refractivity contribution in [3.8, 4) is 0 Å². The van der Waals surface area contributed by atoms with Gasteiger partial charge in [0.2, 0.25) is 11.8 Å². The Morgan fingerprint density at radius 2 is 1.00 bits per heavy atom. The molecule has 2 aromatic rings. The lowest BCUT2D eigenvalue weighted by atomic mass is 10.1. The Labute approximate surface area is 166 Å². The highest BCUT2D eigenvalue weighted by Gasteiger charge is 2.15.